The van der Waals surface area contributed by atoms with Gasteiger partial charge in [-0.3, -0.25) is 4.79 Å². The fourth-order valence-corrected chi connectivity index (χ4v) is 1.66. The molecule has 0 aliphatic heterocycles. The largest absolute Gasteiger partial charge is 0.328 e. The van der Waals surface area contributed by atoms with Crippen molar-refractivity contribution in [1.82, 2.24) is 9.55 Å². The van der Waals surface area contributed by atoms with Gasteiger partial charge in [0.1, 0.15) is 0 Å². The van der Waals surface area contributed by atoms with Crippen LogP contribution >= 0.6 is 0 Å². The second-order valence-corrected chi connectivity index (χ2v) is 4.01. The maximum Gasteiger partial charge on any atom is 0.159 e. The highest BCUT2D eigenvalue weighted by molar-refractivity contribution is 5.97. The molecule has 2 aromatic rings. The number of carbonyl (C=O) groups is 1. The summed E-state index contributed by atoms with van der Waals surface area (Å²) in [6, 6.07) is 6.04. The zero-order valence-electron chi connectivity index (χ0n) is 9.19. The van der Waals surface area contributed by atoms with Crippen molar-refractivity contribution in [3.05, 3.63) is 30.1 Å². The molecule has 0 saturated carbocycles. The van der Waals surface area contributed by atoms with E-state index < -0.39 is 0 Å². The molecule has 0 spiro atoms. The Kier molecular flexibility index (Phi) is 2.31. The molecule has 0 bridgehead atoms. The van der Waals surface area contributed by atoms with Gasteiger partial charge in [-0.1, -0.05) is 0 Å². The van der Waals surface area contributed by atoms with Crippen LogP contribution in [0.15, 0.2) is 24.5 Å². The highest BCUT2D eigenvalue weighted by atomic mass is 16.1. The lowest BCUT2D eigenvalue weighted by atomic mass is 10.1. The molecule has 0 radical (unpaired) electrons. The molecule has 0 saturated heterocycles. The van der Waals surface area contributed by atoms with Crippen LogP contribution in [-0.2, 0) is 0 Å². The van der Waals surface area contributed by atoms with Gasteiger partial charge in [0, 0.05) is 11.6 Å². The summed E-state index contributed by atoms with van der Waals surface area (Å²) in [7, 11) is 0. The molecule has 0 atom stereocenters. The predicted molar refractivity (Wildman–Crippen MR) is 60.1 cm³/mol. The van der Waals surface area contributed by atoms with Crippen LogP contribution < -0.4 is 0 Å². The molecule has 0 aliphatic carbocycles. The Morgan fingerprint density at radius 2 is 2.13 bits per heavy atom. The van der Waals surface area contributed by atoms with E-state index in [1.165, 1.54) is 0 Å². The number of hydrogen-bond acceptors (Lipinski definition) is 2. The molecule has 0 N–H and O–H groups in total. The Balaban J connectivity index is 2.61. The summed E-state index contributed by atoms with van der Waals surface area (Å²) < 4.78 is 2.10. The van der Waals surface area contributed by atoms with E-state index in [1.54, 1.807) is 6.92 Å². The lowest BCUT2D eigenvalue weighted by Gasteiger charge is -2.07. The SMILES string of the molecule is CC(=O)c1ccc2c(c1)ncn2C(C)C. The average molecular weight is 202 g/mol. The molecule has 1 aromatic carbocycles. The summed E-state index contributed by atoms with van der Waals surface area (Å²) in [5.41, 5.74) is 2.68. The van der Waals surface area contributed by atoms with Crippen LogP contribution in [0.3, 0.4) is 0 Å². The first-order chi connectivity index (χ1) is 7.09. The summed E-state index contributed by atoms with van der Waals surface area (Å²) in [6.07, 6.45) is 1.82. The quantitative estimate of drug-likeness (QED) is 0.702. The summed E-state index contributed by atoms with van der Waals surface area (Å²) >= 11 is 0. The van der Waals surface area contributed by atoms with Gasteiger partial charge in [0.25, 0.3) is 0 Å². The molecule has 1 aromatic heterocycles. The standard InChI is InChI=1S/C12H14N2O/c1-8(2)14-7-13-11-6-10(9(3)15)4-5-12(11)14/h4-8H,1-3H3. The molecule has 0 aliphatic rings. The molecule has 3 heteroatoms. The van der Waals surface area contributed by atoms with Crippen LogP contribution in [0.4, 0.5) is 0 Å². The minimum absolute atomic E-state index is 0.0796. The predicted octanol–water partition coefficient (Wildman–Crippen LogP) is 2.82. The summed E-state index contributed by atoms with van der Waals surface area (Å²) in [5, 5.41) is 0. The van der Waals surface area contributed by atoms with Crippen molar-refractivity contribution in [3.63, 3.8) is 0 Å². The molecule has 1 heterocycles. The third-order valence-electron chi connectivity index (χ3n) is 2.54. The maximum atomic E-state index is 11.2. The van der Waals surface area contributed by atoms with Crippen LogP contribution in [0.1, 0.15) is 37.2 Å². The Bertz CT molecular complexity index is 511. The van der Waals surface area contributed by atoms with Crippen molar-refractivity contribution in [3.8, 4) is 0 Å². The normalized spacial score (nSPS) is 11.2. The van der Waals surface area contributed by atoms with Crippen molar-refractivity contribution < 1.29 is 4.79 Å². The fraction of sp³-hybridized carbons (Fsp3) is 0.333. The van der Waals surface area contributed by atoms with E-state index in [-0.39, 0.29) is 5.78 Å². The molecular weight excluding hydrogens is 188 g/mol. The van der Waals surface area contributed by atoms with Gasteiger partial charge in [-0.15, -0.1) is 0 Å². The maximum absolute atomic E-state index is 11.2. The number of Topliss-reactive ketones (excluding diaryl/α,β-unsaturated/α-hetero) is 1. The van der Waals surface area contributed by atoms with Gasteiger partial charge in [-0.05, 0) is 39.0 Å². The first kappa shape index (κ1) is 9.90. The first-order valence-corrected chi connectivity index (χ1v) is 5.07. The fourth-order valence-electron chi connectivity index (χ4n) is 1.66. The number of ketones is 1. The smallest absolute Gasteiger partial charge is 0.159 e. The number of hydrogen-bond donors (Lipinski definition) is 0. The molecule has 3 nitrogen and oxygen atoms in total. The van der Waals surface area contributed by atoms with E-state index in [9.17, 15) is 4.79 Å². The van der Waals surface area contributed by atoms with E-state index in [2.05, 4.69) is 23.4 Å². The molecular formula is C12H14N2O. The zero-order chi connectivity index (χ0) is 11.0. The minimum Gasteiger partial charge on any atom is -0.328 e. The van der Waals surface area contributed by atoms with Gasteiger partial charge in [-0.25, -0.2) is 4.98 Å². The monoisotopic (exact) mass is 202 g/mol. The molecule has 0 unspecified atom stereocenters. The number of rotatable bonds is 2. The molecule has 15 heavy (non-hydrogen) atoms. The highest BCUT2D eigenvalue weighted by Crippen LogP contribution is 2.18. The highest BCUT2D eigenvalue weighted by Gasteiger charge is 2.07. The first-order valence-electron chi connectivity index (χ1n) is 5.07. The van der Waals surface area contributed by atoms with E-state index in [1.807, 2.05) is 24.5 Å². The van der Waals surface area contributed by atoms with Crippen molar-refractivity contribution in [1.29, 1.82) is 0 Å². The van der Waals surface area contributed by atoms with Gasteiger partial charge >= 0.3 is 0 Å². The number of fused-ring (bicyclic) bond motifs is 1. The number of aromatic nitrogens is 2. The van der Waals surface area contributed by atoms with Gasteiger partial charge in [0.2, 0.25) is 0 Å². The van der Waals surface area contributed by atoms with Crippen molar-refractivity contribution in [2.75, 3.05) is 0 Å². The summed E-state index contributed by atoms with van der Waals surface area (Å²) in [5.74, 6) is 0.0796. The lowest BCUT2D eigenvalue weighted by molar-refractivity contribution is 0.101. The van der Waals surface area contributed by atoms with E-state index in [4.69, 9.17) is 0 Å². The second kappa shape index (κ2) is 3.50. The van der Waals surface area contributed by atoms with Crippen LogP contribution in [0.5, 0.6) is 0 Å². The molecule has 78 valence electrons. The Morgan fingerprint density at radius 3 is 2.73 bits per heavy atom. The summed E-state index contributed by atoms with van der Waals surface area (Å²) in [4.78, 5) is 15.5. The molecule has 0 amide bonds. The third-order valence-corrected chi connectivity index (χ3v) is 2.54. The third kappa shape index (κ3) is 1.65. The number of benzene rings is 1. The lowest BCUT2D eigenvalue weighted by Crippen LogP contribution is -1.98. The van der Waals surface area contributed by atoms with Gasteiger partial charge in [0.15, 0.2) is 5.78 Å². The topological polar surface area (TPSA) is 34.9 Å². The van der Waals surface area contributed by atoms with Crippen molar-refractivity contribution >= 4 is 16.8 Å². The van der Waals surface area contributed by atoms with Gasteiger partial charge < -0.3 is 4.57 Å². The van der Waals surface area contributed by atoms with Crippen LogP contribution in [0.25, 0.3) is 11.0 Å². The number of nitrogens with zero attached hydrogens (tertiary/aromatic N) is 2. The van der Waals surface area contributed by atoms with Crippen molar-refractivity contribution in [2.45, 2.75) is 26.8 Å². The summed E-state index contributed by atoms with van der Waals surface area (Å²) in [6.45, 7) is 5.79. The molecule has 0 fully saturated rings. The van der Waals surface area contributed by atoms with Crippen LogP contribution in [0, 0.1) is 0 Å². The minimum atomic E-state index is 0.0796. The Labute approximate surface area is 88.7 Å². The van der Waals surface area contributed by atoms with Gasteiger partial charge in [0.05, 0.1) is 17.4 Å². The van der Waals surface area contributed by atoms with E-state index >= 15 is 0 Å². The molecule has 2 rings (SSSR count). The average Bonchev–Trinajstić information content (AvgIpc) is 2.59. The number of carbonyl (C=O) groups excluding carboxylic acids is 1. The van der Waals surface area contributed by atoms with Crippen LogP contribution in [0.2, 0.25) is 0 Å². The van der Waals surface area contributed by atoms with E-state index in [0.717, 1.165) is 16.6 Å². The van der Waals surface area contributed by atoms with Crippen LogP contribution in [-0.4, -0.2) is 15.3 Å². The van der Waals surface area contributed by atoms with Gasteiger partial charge in [-0.2, -0.15) is 0 Å². The Hall–Kier alpha value is -1.64. The second-order valence-electron chi connectivity index (χ2n) is 4.01. The van der Waals surface area contributed by atoms with Crippen molar-refractivity contribution in [2.24, 2.45) is 0 Å². The van der Waals surface area contributed by atoms with E-state index in [0.29, 0.717) is 6.04 Å². The Morgan fingerprint density at radius 1 is 1.40 bits per heavy atom. The number of imidazole rings is 1. The zero-order valence-corrected chi connectivity index (χ0v) is 9.19.